The van der Waals surface area contributed by atoms with Gasteiger partial charge < -0.3 is 5.32 Å². The van der Waals surface area contributed by atoms with Gasteiger partial charge in [0.05, 0.1) is 17.0 Å². The number of hydrogen-bond acceptors (Lipinski definition) is 3. The number of aryl methyl sites for hydroxylation is 1. The van der Waals surface area contributed by atoms with Gasteiger partial charge in [-0.3, -0.25) is 9.52 Å². The highest BCUT2D eigenvalue weighted by Gasteiger charge is 2.21. The maximum Gasteiger partial charge on any atom is 0.253 e. The first-order valence-electron chi connectivity index (χ1n) is 8.03. The van der Waals surface area contributed by atoms with Crippen LogP contribution in [0.4, 0.5) is 5.69 Å². The zero-order chi connectivity index (χ0) is 18.7. The van der Waals surface area contributed by atoms with Crippen molar-refractivity contribution in [3.05, 3.63) is 65.2 Å². The van der Waals surface area contributed by atoms with Crippen LogP contribution in [-0.2, 0) is 15.8 Å². The Balaban J connectivity index is 2.29. The molecule has 0 spiro atoms. The van der Waals surface area contributed by atoms with Gasteiger partial charge in [-0.2, -0.15) is 0 Å². The third-order valence-electron chi connectivity index (χ3n) is 3.37. The number of amides is 1. The second-order valence-corrected chi connectivity index (χ2v) is 8.82. The Morgan fingerprint density at radius 1 is 1.04 bits per heavy atom. The quantitative estimate of drug-likeness (QED) is 0.857. The second-order valence-electron chi connectivity index (χ2n) is 7.10. The van der Waals surface area contributed by atoms with Crippen LogP contribution in [0.5, 0.6) is 0 Å². The molecule has 134 valence electrons. The van der Waals surface area contributed by atoms with Gasteiger partial charge in [0.1, 0.15) is 0 Å². The molecule has 0 aromatic heterocycles. The lowest BCUT2D eigenvalue weighted by atomic mass is 10.1. The van der Waals surface area contributed by atoms with Crippen LogP contribution in [0.1, 0.15) is 42.3 Å². The minimum absolute atomic E-state index is 0.151. The Bertz CT molecular complexity index is 854. The number of benzene rings is 2. The van der Waals surface area contributed by atoms with Crippen molar-refractivity contribution in [3.63, 3.8) is 0 Å². The first kappa shape index (κ1) is 19.0. The molecule has 0 saturated carbocycles. The Kier molecular flexibility index (Phi) is 5.52. The van der Waals surface area contributed by atoms with Crippen molar-refractivity contribution in [1.82, 2.24) is 5.32 Å². The zero-order valence-electron chi connectivity index (χ0n) is 15.0. The van der Waals surface area contributed by atoms with Crippen molar-refractivity contribution in [2.24, 2.45) is 0 Å². The summed E-state index contributed by atoms with van der Waals surface area (Å²) in [4.78, 5) is 12.5. The van der Waals surface area contributed by atoms with E-state index in [9.17, 15) is 13.2 Å². The molecule has 0 radical (unpaired) electrons. The van der Waals surface area contributed by atoms with Crippen LogP contribution in [0.15, 0.2) is 48.5 Å². The molecule has 0 saturated heterocycles. The van der Waals surface area contributed by atoms with Crippen molar-refractivity contribution in [3.8, 4) is 0 Å². The predicted molar refractivity (Wildman–Crippen MR) is 101 cm³/mol. The van der Waals surface area contributed by atoms with Gasteiger partial charge in [-0.15, -0.1) is 0 Å². The molecule has 2 N–H and O–H groups in total. The molecular formula is C19H24N2O3S. The maximum absolute atomic E-state index is 12.5. The second kappa shape index (κ2) is 7.27. The zero-order valence-corrected chi connectivity index (χ0v) is 15.8. The fourth-order valence-electron chi connectivity index (χ4n) is 2.35. The summed E-state index contributed by atoms with van der Waals surface area (Å²) < 4.78 is 27.6. The average molecular weight is 360 g/mol. The van der Waals surface area contributed by atoms with Crippen molar-refractivity contribution in [1.29, 1.82) is 0 Å². The topological polar surface area (TPSA) is 75.3 Å². The first-order chi connectivity index (χ1) is 11.6. The van der Waals surface area contributed by atoms with Crippen LogP contribution in [0.25, 0.3) is 0 Å². The molecule has 2 aromatic carbocycles. The van der Waals surface area contributed by atoms with Crippen LogP contribution in [-0.4, -0.2) is 19.9 Å². The number of anilines is 1. The molecule has 0 bridgehead atoms. The van der Waals surface area contributed by atoms with E-state index >= 15 is 0 Å². The minimum Gasteiger partial charge on any atom is -0.347 e. The van der Waals surface area contributed by atoms with Gasteiger partial charge in [0.2, 0.25) is 10.0 Å². The lowest BCUT2D eigenvalue weighted by Crippen LogP contribution is -2.40. The van der Waals surface area contributed by atoms with Crippen molar-refractivity contribution >= 4 is 21.6 Å². The van der Waals surface area contributed by atoms with Crippen molar-refractivity contribution in [2.45, 2.75) is 39.0 Å². The maximum atomic E-state index is 12.5. The molecule has 0 aliphatic rings. The summed E-state index contributed by atoms with van der Waals surface area (Å²) in [6, 6.07) is 14.0. The fraction of sp³-hybridized carbons (Fsp3) is 0.316. The van der Waals surface area contributed by atoms with E-state index in [1.807, 2.05) is 33.8 Å². The Morgan fingerprint density at radius 2 is 1.68 bits per heavy atom. The van der Waals surface area contributed by atoms with Gasteiger partial charge >= 0.3 is 0 Å². The molecule has 0 aliphatic carbocycles. The summed E-state index contributed by atoms with van der Waals surface area (Å²) >= 11 is 0. The largest absolute Gasteiger partial charge is 0.347 e. The molecule has 0 fully saturated rings. The van der Waals surface area contributed by atoms with Crippen LogP contribution in [0, 0.1) is 6.92 Å². The summed E-state index contributed by atoms with van der Waals surface area (Å²) in [6.45, 7) is 7.47. The molecule has 25 heavy (non-hydrogen) atoms. The van der Waals surface area contributed by atoms with Crippen LogP contribution in [0.2, 0.25) is 0 Å². The molecule has 0 aliphatic heterocycles. The highest BCUT2D eigenvalue weighted by atomic mass is 32.2. The predicted octanol–water partition coefficient (Wildman–Crippen LogP) is 3.47. The summed E-state index contributed by atoms with van der Waals surface area (Å²) in [7, 11) is -3.63. The van der Waals surface area contributed by atoms with Gasteiger partial charge in [-0.25, -0.2) is 8.42 Å². The third-order valence-corrected chi connectivity index (χ3v) is 4.62. The first-order valence-corrected chi connectivity index (χ1v) is 9.68. The molecule has 1 amide bonds. The van der Waals surface area contributed by atoms with Gasteiger partial charge in [0.25, 0.3) is 5.91 Å². The van der Waals surface area contributed by atoms with E-state index in [1.165, 1.54) is 0 Å². The van der Waals surface area contributed by atoms with Crippen LogP contribution < -0.4 is 10.0 Å². The van der Waals surface area contributed by atoms with Crippen LogP contribution >= 0.6 is 0 Å². The monoisotopic (exact) mass is 360 g/mol. The third kappa shape index (κ3) is 5.90. The Labute approximate surface area is 149 Å². The summed E-state index contributed by atoms with van der Waals surface area (Å²) in [6.07, 6.45) is 0. The molecule has 0 atom stereocenters. The summed E-state index contributed by atoms with van der Waals surface area (Å²) in [5.74, 6) is -0.466. The summed E-state index contributed by atoms with van der Waals surface area (Å²) in [5, 5.41) is 2.86. The Morgan fingerprint density at radius 3 is 2.28 bits per heavy atom. The molecule has 2 aromatic rings. The smallest absolute Gasteiger partial charge is 0.253 e. The average Bonchev–Trinajstić information content (AvgIpc) is 2.45. The van der Waals surface area contributed by atoms with E-state index in [0.29, 0.717) is 11.1 Å². The van der Waals surface area contributed by atoms with E-state index in [2.05, 4.69) is 10.0 Å². The standard InChI is InChI=1S/C19H24N2O3S/c1-14-10-11-16(18(22)20-19(2,3)4)17(12-14)21-25(23,24)13-15-8-6-5-7-9-15/h5-12,21H,13H2,1-4H3,(H,20,22). The highest BCUT2D eigenvalue weighted by Crippen LogP contribution is 2.21. The van der Waals surface area contributed by atoms with Crippen molar-refractivity contribution in [2.75, 3.05) is 4.72 Å². The van der Waals surface area contributed by atoms with Crippen LogP contribution in [0.3, 0.4) is 0 Å². The Hall–Kier alpha value is -2.34. The van der Waals surface area contributed by atoms with Gasteiger partial charge in [-0.05, 0) is 51.0 Å². The molecular weight excluding hydrogens is 336 g/mol. The number of hydrogen-bond donors (Lipinski definition) is 2. The van der Waals surface area contributed by atoms with E-state index in [-0.39, 0.29) is 17.3 Å². The normalized spacial score (nSPS) is 11.8. The molecule has 6 heteroatoms. The molecule has 2 rings (SSSR count). The fourth-order valence-corrected chi connectivity index (χ4v) is 3.55. The van der Waals surface area contributed by atoms with E-state index < -0.39 is 15.6 Å². The number of carbonyl (C=O) groups excluding carboxylic acids is 1. The van der Waals surface area contributed by atoms with E-state index in [4.69, 9.17) is 0 Å². The summed E-state index contributed by atoms with van der Waals surface area (Å²) in [5.41, 5.74) is 1.73. The number of nitrogens with one attached hydrogen (secondary N) is 2. The number of rotatable bonds is 5. The lowest BCUT2D eigenvalue weighted by molar-refractivity contribution is 0.0920. The van der Waals surface area contributed by atoms with E-state index in [1.54, 1.807) is 42.5 Å². The van der Waals surface area contributed by atoms with Crippen molar-refractivity contribution < 1.29 is 13.2 Å². The van der Waals surface area contributed by atoms with E-state index in [0.717, 1.165) is 5.56 Å². The lowest BCUT2D eigenvalue weighted by Gasteiger charge is -2.22. The number of carbonyl (C=O) groups is 1. The SMILES string of the molecule is Cc1ccc(C(=O)NC(C)(C)C)c(NS(=O)(=O)Cc2ccccc2)c1. The van der Waals surface area contributed by atoms with Gasteiger partial charge in [0, 0.05) is 5.54 Å². The highest BCUT2D eigenvalue weighted by molar-refractivity contribution is 7.91. The van der Waals surface area contributed by atoms with Gasteiger partial charge in [-0.1, -0.05) is 36.4 Å². The minimum atomic E-state index is -3.63. The number of sulfonamides is 1. The molecule has 0 unspecified atom stereocenters. The molecule has 5 nitrogen and oxygen atoms in total. The molecule has 0 heterocycles. The van der Waals surface area contributed by atoms with Gasteiger partial charge in [0.15, 0.2) is 0 Å².